The van der Waals surface area contributed by atoms with Crippen LogP contribution < -0.4 is 0 Å². The zero-order valence-electron chi connectivity index (χ0n) is 22.9. The largest absolute Gasteiger partial charge is 0.479 e. The number of hydrogen-bond acceptors (Lipinski definition) is 3. The SMILES string of the molecule is CCOC(=S)SC1(c2ccccc2)C(c2ccccc2)=C(c2ccccc2)C(c2ccccc2)=C1c1ccccc1. The van der Waals surface area contributed by atoms with E-state index in [1.807, 2.05) is 6.92 Å². The Balaban J connectivity index is 1.85. The first-order chi connectivity index (χ1) is 20.2. The Bertz CT molecular complexity index is 1590. The summed E-state index contributed by atoms with van der Waals surface area (Å²) in [6.07, 6.45) is 0. The average Bonchev–Trinajstić information content (AvgIpc) is 3.34. The third kappa shape index (κ3) is 5.08. The molecule has 6 rings (SSSR count). The van der Waals surface area contributed by atoms with Gasteiger partial charge in [0.25, 0.3) is 0 Å². The molecule has 0 aliphatic heterocycles. The van der Waals surface area contributed by atoms with Crippen molar-refractivity contribution in [2.75, 3.05) is 6.61 Å². The van der Waals surface area contributed by atoms with Crippen LogP contribution in [0.25, 0.3) is 22.3 Å². The van der Waals surface area contributed by atoms with Gasteiger partial charge < -0.3 is 4.74 Å². The second-order valence-corrected chi connectivity index (χ2v) is 11.6. The van der Waals surface area contributed by atoms with Crippen LogP contribution in [0.2, 0.25) is 0 Å². The van der Waals surface area contributed by atoms with Gasteiger partial charge in [0, 0.05) is 0 Å². The Morgan fingerprint density at radius 1 is 0.537 bits per heavy atom. The lowest BCUT2D eigenvalue weighted by molar-refractivity contribution is 0.346. The van der Waals surface area contributed by atoms with Crippen LogP contribution in [0, 0.1) is 0 Å². The van der Waals surface area contributed by atoms with E-state index in [0.717, 1.165) is 16.7 Å². The molecule has 0 N–H and O–H groups in total. The minimum atomic E-state index is -0.688. The quantitative estimate of drug-likeness (QED) is 0.181. The van der Waals surface area contributed by atoms with Gasteiger partial charge >= 0.3 is 0 Å². The zero-order chi connectivity index (χ0) is 28.1. The van der Waals surface area contributed by atoms with E-state index in [0.29, 0.717) is 11.0 Å². The molecule has 0 saturated carbocycles. The monoisotopic (exact) mass is 566 g/mol. The highest BCUT2D eigenvalue weighted by Crippen LogP contribution is 2.66. The van der Waals surface area contributed by atoms with E-state index in [1.165, 1.54) is 33.4 Å². The molecule has 0 unspecified atom stereocenters. The lowest BCUT2D eigenvalue weighted by atomic mass is 9.80. The number of benzene rings is 5. The molecule has 200 valence electrons. The minimum Gasteiger partial charge on any atom is -0.479 e. The molecule has 0 radical (unpaired) electrons. The van der Waals surface area contributed by atoms with Gasteiger partial charge in [0.15, 0.2) is 0 Å². The van der Waals surface area contributed by atoms with Crippen LogP contribution in [0.5, 0.6) is 0 Å². The van der Waals surface area contributed by atoms with Gasteiger partial charge in [0.05, 0.1) is 6.61 Å². The van der Waals surface area contributed by atoms with Crippen LogP contribution in [0.1, 0.15) is 34.7 Å². The van der Waals surface area contributed by atoms with Crippen LogP contribution >= 0.6 is 24.0 Å². The highest BCUT2D eigenvalue weighted by atomic mass is 32.2. The fourth-order valence-corrected chi connectivity index (χ4v) is 7.63. The van der Waals surface area contributed by atoms with Crippen molar-refractivity contribution in [2.45, 2.75) is 11.7 Å². The summed E-state index contributed by atoms with van der Waals surface area (Å²) < 4.78 is 5.89. The molecule has 5 aromatic carbocycles. The van der Waals surface area contributed by atoms with Crippen LogP contribution in [0.15, 0.2) is 152 Å². The van der Waals surface area contributed by atoms with Crippen molar-refractivity contribution in [1.82, 2.24) is 0 Å². The van der Waals surface area contributed by atoms with Gasteiger partial charge in [0.2, 0.25) is 4.38 Å². The second kappa shape index (κ2) is 12.1. The molecule has 0 aromatic heterocycles. The highest BCUT2D eigenvalue weighted by molar-refractivity contribution is 8.23. The molecule has 3 heteroatoms. The summed E-state index contributed by atoms with van der Waals surface area (Å²) in [5, 5.41) is 0. The first kappa shape index (κ1) is 27.0. The summed E-state index contributed by atoms with van der Waals surface area (Å²) >= 11 is 7.60. The average molecular weight is 567 g/mol. The Labute approximate surface area is 252 Å². The fraction of sp³-hybridized carbons (Fsp3) is 0.0789. The summed E-state index contributed by atoms with van der Waals surface area (Å²) in [7, 11) is 0. The number of hydrogen-bond donors (Lipinski definition) is 0. The van der Waals surface area contributed by atoms with E-state index in [1.54, 1.807) is 11.8 Å². The molecule has 0 heterocycles. The van der Waals surface area contributed by atoms with Crippen molar-refractivity contribution < 1.29 is 4.74 Å². The molecule has 1 aliphatic carbocycles. The molecule has 1 aliphatic rings. The van der Waals surface area contributed by atoms with Gasteiger partial charge in [-0.25, -0.2) is 0 Å². The van der Waals surface area contributed by atoms with E-state index in [9.17, 15) is 0 Å². The maximum absolute atomic E-state index is 6.05. The van der Waals surface area contributed by atoms with E-state index in [-0.39, 0.29) is 0 Å². The third-order valence-corrected chi connectivity index (χ3v) is 8.99. The normalized spacial score (nSPS) is 14.3. The molecular weight excluding hydrogens is 537 g/mol. The standard InChI is InChI=1S/C38H30OS2/c1-2-39-37(40)41-38(32-26-16-7-17-27-32)35(30-22-12-5-13-23-30)33(28-18-8-3-9-19-28)34(29-20-10-4-11-21-29)36(38)31-24-14-6-15-25-31/h3-27H,2H2,1H3. The molecule has 0 spiro atoms. The summed E-state index contributed by atoms with van der Waals surface area (Å²) in [6, 6.07) is 53.8. The van der Waals surface area contributed by atoms with E-state index in [4.69, 9.17) is 17.0 Å². The zero-order valence-corrected chi connectivity index (χ0v) is 24.5. The smallest absolute Gasteiger partial charge is 0.221 e. The first-order valence-corrected chi connectivity index (χ1v) is 15.1. The van der Waals surface area contributed by atoms with Crippen molar-refractivity contribution in [3.63, 3.8) is 0 Å². The van der Waals surface area contributed by atoms with Crippen molar-refractivity contribution in [1.29, 1.82) is 0 Å². The minimum absolute atomic E-state index is 0.516. The number of rotatable bonds is 7. The number of allylic oxidation sites excluding steroid dienone is 2. The topological polar surface area (TPSA) is 9.23 Å². The summed E-state index contributed by atoms with van der Waals surface area (Å²) in [4.78, 5) is 0. The maximum atomic E-state index is 6.05. The Kier molecular flexibility index (Phi) is 8.00. The van der Waals surface area contributed by atoms with Crippen molar-refractivity contribution >= 4 is 50.7 Å². The van der Waals surface area contributed by atoms with Gasteiger partial charge in [-0.3, -0.25) is 0 Å². The number of thioether (sulfide) groups is 1. The molecule has 0 atom stereocenters. The van der Waals surface area contributed by atoms with E-state index in [2.05, 4.69) is 152 Å². The van der Waals surface area contributed by atoms with Gasteiger partial charge in [-0.2, -0.15) is 0 Å². The maximum Gasteiger partial charge on any atom is 0.221 e. The van der Waals surface area contributed by atoms with Gasteiger partial charge in [0.1, 0.15) is 4.75 Å². The van der Waals surface area contributed by atoms with E-state index < -0.39 is 4.75 Å². The molecule has 41 heavy (non-hydrogen) atoms. The lowest BCUT2D eigenvalue weighted by Crippen LogP contribution is -2.26. The lowest BCUT2D eigenvalue weighted by Gasteiger charge is -2.36. The number of thiocarbonyl (C=S) groups is 1. The predicted octanol–water partition coefficient (Wildman–Crippen LogP) is 10.2. The molecule has 0 saturated heterocycles. The molecule has 5 aromatic rings. The van der Waals surface area contributed by atoms with Gasteiger partial charge in [-0.15, -0.1) is 0 Å². The van der Waals surface area contributed by atoms with Gasteiger partial charge in [-0.1, -0.05) is 163 Å². The Hall–Kier alpha value is -4.18. The summed E-state index contributed by atoms with van der Waals surface area (Å²) in [5.74, 6) is 0. The van der Waals surface area contributed by atoms with E-state index >= 15 is 0 Å². The van der Waals surface area contributed by atoms with Crippen LogP contribution in [-0.2, 0) is 9.48 Å². The predicted molar refractivity (Wildman–Crippen MR) is 179 cm³/mol. The van der Waals surface area contributed by atoms with Crippen molar-refractivity contribution in [2.24, 2.45) is 0 Å². The van der Waals surface area contributed by atoms with Crippen molar-refractivity contribution in [3.05, 3.63) is 179 Å². The summed E-state index contributed by atoms with van der Waals surface area (Å²) in [5.41, 5.74) is 10.6. The molecule has 1 nitrogen and oxygen atoms in total. The summed E-state index contributed by atoms with van der Waals surface area (Å²) in [6.45, 7) is 2.51. The molecule has 0 bridgehead atoms. The van der Waals surface area contributed by atoms with Crippen LogP contribution in [0.4, 0.5) is 0 Å². The Morgan fingerprint density at radius 3 is 1.24 bits per heavy atom. The van der Waals surface area contributed by atoms with Crippen LogP contribution in [-0.4, -0.2) is 11.0 Å². The van der Waals surface area contributed by atoms with Gasteiger partial charge in [-0.05, 0) is 69.3 Å². The van der Waals surface area contributed by atoms with Crippen LogP contribution in [0.3, 0.4) is 0 Å². The van der Waals surface area contributed by atoms with Crippen molar-refractivity contribution in [3.8, 4) is 0 Å². The molecule has 0 fully saturated rings. The fourth-order valence-electron chi connectivity index (χ4n) is 5.81. The second-order valence-electron chi connectivity index (χ2n) is 9.80. The third-order valence-electron chi connectivity index (χ3n) is 7.38. The Morgan fingerprint density at radius 2 is 0.878 bits per heavy atom. The first-order valence-electron chi connectivity index (χ1n) is 13.9. The molecule has 0 amide bonds. The number of ether oxygens (including phenoxy) is 1. The highest BCUT2D eigenvalue weighted by Gasteiger charge is 2.51. The molecular formula is C38H30OS2.